The molecule has 3 nitrogen and oxygen atoms in total. The maximum atomic E-state index is 5.10. The van der Waals surface area contributed by atoms with Crippen molar-refractivity contribution in [3.63, 3.8) is 0 Å². The molecular formula is C17H25N3S. The normalized spacial score (nSPS) is 16.6. The molecule has 0 atom stereocenters. The summed E-state index contributed by atoms with van der Waals surface area (Å²) in [4.78, 5) is 0. The Morgan fingerprint density at radius 2 is 1.86 bits per heavy atom. The van der Waals surface area contributed by atoms with Crippen molar-refractivity contribution in [2.45, 2.75) is 51.9 Å². The molecule has 4 heteroatoms. The summed E-state index contributed by atoms with van der Waals surface area (Å²) in [5, 5.41) is 7.90. The molecule has 1 fully saturated rings. The average molecular weight is 303 g/mol. The second kappa shape index (κ2) is 8.13. The molecule has 1 aromatic rings. The number of thiocarbonyl (C=S) groups is 1. The monoisotopic (exact) mass is 303 g/mol. The predicted molar refractivity (Wildman–Crippen MR) is 93.9 cm³/mol. The van der Waals surface area contributed by atoms with E-state index in [1.807, 2.05) is 13.8 Å². The van der Waals surface area contributed by atoms with Crippen LogP contribution in [0.5, 0.6) is 0 Å². The van der Waals surface area contributed by atoms with E-state index in [2.05, 4.69) is 40.1 Å². The summed E-state index contributed by atoms with van der Waals surface area (Å²) in [7, 11) is 0. The van der Waals surface area contributed by atoms with Crippen molar-refractivity contribution in [3.05, 3.63) is 35.4 Å². The van der Waals surface area contributed by atoms with Gasteiger partial charge in [-0.2, -0.15) is 5.10 Å². The lowest BCUT2D eigenvalue weighted by molar-refractivity contribution is 0.443. The second-order valence-corrected chi connectivity index (χ2v) is 6.03. The Morgan fingerprint density at radius 1 is 1.19 bits per heavy atom. The van der Waals surface area contributed by atoms with E-state index in [1.165, 1.54) is 37.7 Å². The highest BCUT2D eigenvalue weighted by Gasteiger charge is 2.15. The number of hydrogen-bond donors (Lipinski definition) is 2. The van der Waals surface area contributed by atoms with Gasteiger partial charge in [0.05, 0.1) is 5.71 Å². The van der Waals surface area contributed by atoms with Crippen LogP contribution in [0.3, 0.4) is 0 Å². The van der Waals surface area contributed by atoms with E-state index in [0.29, 0.717) is 5.11 Å². The van der Waals surface area contributed by atoms with Gasteiger partial charge in [-0.1, -0.05) is 43.5 Å². The van der Waals surface area contributed by atoms with Gasteiger partial charge in [0.2, 0.25) is 0 Å². The van der Waals surface area contributed by atoms with Crippen LogP contribution in [0.1, 0.15) is 63.0 Å². The first-order valence-electron chi connectivity index (χ1n) is 7.89. The van der Waals surface area contributed by atoms with Gasteiger partial charge in [0.15, 0.2) is 5.11 Å². The Kier molecular flexibility index (Phi) is 6.18. The molecule has 0 unspecified atom stereocenters. The van der Waals surface area contributed by atoms with Gasteiger partial charge in [-0.15, -0.1) is 0 Å². The van der Waals surface area contributed by atoms with Crippen LogP contribution in [-0.2, 0) is 0 Å². The third-order valence-corrected chi connectivity index (χ3v) is 4.30. The molecule has 0 bridgehead atoms. The molecule has 114 valence electrons. The van der Waals surface area contributed by atoms with Crippen LogP contribution in [0, 0.1) is 0 Å². The third-order valence-electron chi connectivity index (χ3n) is 4.07. The molecular weight excluding hydrogens is 278 g/mol. The Bertz CT molecular complexity index is 487. The fourth-order valence-electron chi connectivity index (χ4n) is 2.83. The lowest BCUT2D eigenvalue weighted by Crippen LogP contribution is -2.32. The topological polar surface area (TPSA) is 36.4 Å². The van der Waals surface area contributed by atoms with Crippen molar-refractivity contribution in [1.29, 1.82) is 0 Å². The standard InChI is InChI=1S/C17H25N3S/c1-3-18-17(21)20-19-13(2)14-9-11-16(12-10-14)15-7-5-4-6-8-15/h9-12,15H,3-8H2,1-2H3,(H2,18,20,21). The first-order valence-corrected chi connectivity index (χ1v) is 8.30. The summed E-state index contributed by atoms with van der Waals surface area (Å²) in [5.74, 6) is 0.754. The van der Waals surface area contributed by atoms with Gasteiger partial charge in [-0.25, -0.2) is 0 Å². The van der Waals surface area contributed by atoms with Crippen molar-refractivity contribution < 1.29 is 0 Å². The quantitative estimate of drug-likeness (QED) is 0.502. The Balaban J connectivity index is 1.97. The number of nitrogens with one attached hydrogen (secondary N) is 2. The van der Waals surface area contributed by atoms with E-state index in [-0.39, 0.29) is 0 Å². The largest absolute Gasteiger partial charge is 0.362 e. The number of nitrogens with zero attached hydrogens (tertiary/aromatic N) is 1. The highest BCUT2D eigenvalue weighted by atomic mass is 32.1. The SMILES string of the molecule is CCNC(=S)NN=C(C)c1ccc(C2CCCCC2)cc1. The van der Waals surface area contributed by atoms with Gasteiger partial charge in [-0.3, -0.25) is 5.43 Å². The average Bonchev–Trinajstić information content (AvgIpc) is 2.54. The fourth-order valence-corrected chi connectivity index (χ4v) is 3.02. The number of hydrazone groups is 1. The van der Waals surface area contributed by atoms with Crippen LogP contribution in [0.25, 0.3) is 0 Å². The fraction of sp³-hybridized carbons (Fsp3) is 0.529. The molecule has 0 heterocycles. The van der Waals surface area contributed by atoms with Crippen LogP contribution >= 0.6 is 12.2 Å². The molecule has 0 amide bonds. The van der Waals surface area contributed by atoms with Gasteiger partial charge in [-0.05, 0) is 56.0 Å². The van der Waals surface area contributed by atoms with Crippen molar-refractivity contribution in [3.8, 4) is 0 Å². The Labute approximate surface area is 133 Å². The highest BCUT2D eigenvalue weighted by molar-refractivity contribution is 7.80. The van der Waals surface area contributed by atoms with Crippen LogP contribution < -0.4 is 10.7 Å². The summed E-state index contributed by atoms with van der Waals surface area (Å²) in [6, 6.07) is 8.85. The molecule has 0 aromatic heterocycles. The van der Waals surface area contributed by atoms with E-state index in [9.17, 15) is 0 Å². The van der Waals surface area contributed by atoms with Gasteiger partial charge in [0, 0.05) is 6.54 Å². The zero-order chi connectivity index (χ0) is 15.1. The van der Waals surface area contributed by atoms with Crippen molar-refractivity contribution in [1.82, 2.24) is 10.7 Å². The third kappa shape index (κ3) is 4.81. The highest BCUT2D eigenvalue weighted by Crippen LogP contribution is 2.32. The molecule has 1 aliphatic rings. The number of benzene rings is 1. The van der Waals surface area contributed by atoms with Gasteiger partial charge in [0.25, 0.3) is 0 Å². The minimum atomic E-state index is 0.565. The minimum Gasteiger partial charge on any atom is -0.362 e. The summed E-state index contributed by atoms with van der Waals surface area (Å²) in [6.07, 6.45) is 6.82. The van der Waals surface area contributed by atoms with Gasteiger partial charge in [0.1, 0.15) is 0 Å². The number of hydrogen-bond acceptors (Lipinski definition) is 2. The van der Waals surface area contributed by atoms with Crippen LogP contribution in [-0.4, -0.2) is 17.4 Å². The molecule has 0 spiro atoms. The second-order valence-electron chi connectivity index (χ2n) is 5.63. The molecule has 21 heavy (non-hydrogen) atoms. The maximum Gasteiger partial charge on any atom is 0.186 e. The van der Waals surface area contributed by atoms with Crippen LogP contribution in [0.2, 0.25) is 0 Å². The first-order chi connectivity index (χ1) is 10.2. The number of rotatable bonds is 4. The maximum absolute atomic E-state index is 5.10. The summed E-state index contributed by atoms with van der Waals surface area (Å²) < 4.78 is 0. The lowest BCUT2D eigenvalue weighted by Gasteiger charge is -2.22. The summed E-state index contributed by atoms with van der Waals surface area (Å²) in [6.45, 7) is 4.81. The molecule has 0 radical (unpaired) electrons. The zero-order valence-electron chi connectivity index (χ0n) is 13.0. The van der Waals surface area contributed by atoms with Gasteiger partial charge >= 0.3 is 0 Å². The smallest absolute Gasteiger partial charge is 0.186 e. The Hall–Kier alpha value is -1.42. The Morgan fingerprint density at radius 3 is 2.48 bits per heavy atom. The molecule has 2 rings (SSSR count). The van der Waals surface area contributed by atoms with Crippen molar-refractivity contribution in [2.75, 3.05) is 6.54 Å². The zero-order valence-corrected chi connectivity index (χ0v) is 13.8. The molecule has 1 aromatic carbocycles. The van der Waals surface area contributed by atoms with Crippen molar-refractivity contribution >= 4 is 23.0 Å². The molecule has 0 saturated heterocycles. The van der Waals surface area contributed by atoms with E-state index < -0.39 is 0 Å². The van der Waals surface area contributed by atoms with E-state index in [1.54, 1.807) is 0 Å². The molecule has 1 saturated carbocycles. The minimum absolute atomic E-state index is 0.565. The summed E-state index contributed by atoms with van der Waals surface area (Å²) in [5.41, 5.74) is 6.43. The first kappa shape index (κ1) is 16.0. The van der Waals surface area contributed by atoms with Gasteiger partial charge < -0.3 is 5.32 Å². The predicted octanol–water partition coefficient (Wildman–Crippen LogP) is 3.94. The molecule has 1 aliphatic carbocycles. The van der Waals surface area contributed by atoms with Crippen LogP contribution in [0.15, 0.2) is 29.4 Å². The van der Waals surface area contributed by atoms with Crippen LogP contribution in [0.4, 0.5) is 0 Å². The van der Waals surface area contributed by atoms with Crippen molar-refractivity contribution in [2.24, 2.45) is 5.10 Å². The summed E-state index contributed by atoms with van der Waals surface area (Å²) >= 11 is 5.10. The molecule has 0 aliphatic heterocycles. The van der Waals surface area contributed by atoms with E-state index in [0.717, 1.165) is 23.7 Å². The lowest BCUT2D eigenvalue weighted by atomic mass is 9.84. The van der Waals surface area contributed by atoms with E-state index in [4.69, 9.17) is 12.2 Å². The molecule has 2 N–H and O–H groups in total. The van der Waals surface area contributed by atoms with E-state index >= 15 is 0 Å².